The van der Waals surface area contributed by atoms with Gasteiger partial charge in [0, 0.05) is 29.3 Å². The molecule has 0 N–H and O–H groups in total. The Kier molecular flexibility index (Phi) is 3.43. The van der Waals surface area contributed by atoms with Crippen LogP contribution in [0.5, 0.6) is 0 Å². The van der Waals surface area contributed by atoms with Gasteiger partial charge in [-0.15, -0.1) is 11.8 Å². The molecular weight excluding hydrogens is 359 g/mol. The molecule has 1 aliphatic heterocycles. The lowest BCUT2D eigenvalue weighted by molar-refractivity contribution is 0.576. The van der Waals surface area contributed by atoms with E-state index in [1.165, 1.54) is 10.5 Å². The maximum atomic E-state index is 12.0. The molecule has 1 atom stereocenters. The third kappa shape index (κ3) is 2.21. The molecule has 3 rings (SSSR count). The highest BCUT2D eigenvalue weighted by Gasteiger charge is 2.23. The van der Waals surface area contributed by atoms with Crippen LogP contribution in [0.2, 0.25) is 0 Å². The Labute approximate surface area is 123 Å². The maximum Gasteiger partial charge on any atom is 0.266 e. The standard InChI is InChI=1S/C13H11IN2OS/c14-11-5-15-8-16(13(11)17)6-9-7-18-12-4-2-1-3-10(9)12/h1-5,8-9H,6-7H2. The van der Waals surface area contributed by atoms with Gasteiger partial charge in [0.1, 0.15) is 0 Å². The molecule has 1 aliphatic rings. The Morgan fingerprint density at radius 1 is 1.44 bits per heavy atom. The van der Waals surface area contributed by atoms with Crippen molar-refractivity contribution in [2.75, 3.05) is 5.75 Å². The molecule has 0 saturated carbocycles. The van der Waals surface area contributed by atoms with E-state index >= 15 is 0 Å². The Balaban J connectivity index is 1.91. The summed E-state index contributed by atoms with van der Waals surface area (Å²) >= 11 is 3.90. The quantitative estimate of drug-likeness (QED) is 0.763. The fraction of sp³-hybridized carbons (Fsp3) is 0.231. The van der Waals surface area contributed by atoms with Crippen molar-refractivity contribution in [3.63, 3.8) is 0 Å². The van der Waals surface area contributed by atoms with E-state index in [9.17, 15) is 4.79 Å². The van der Waals surface area contributed by atoms with E-state index in [0.717, 1.165) is 5.75 Å². The highest BCUT2D eigenvalue weighted by Crippen LogP contribution is 2.39. The lowest BCUT2D eigenvalue weighted by Crippen LogP contribution is -2.25. The second kappa shape index (κ2) is 5.05. The van der Waals surface area contributed by atoms with Crippen LogP contribution in [0, 0.1) is 3.57 Å². The molecule has 3 nitrogen and oxygen atoms in total. The summed E-state index contributed by atoms with van der Waals surface area (Å²) in [6.45, 7) is 0.715. The number of thioether (sulfide) groups is 1. The molecule has 1 aromatic heterocycles. The second-order valence-electron chi connectivity index (χ2n) is 4.24. The summed E-state index contributed by atoms with van der Waals surface area (Å²) in [6, 6.07) is 8.43. The molecule has 0 radical (unpaired) electrons. The van der Waals surface area contributed by atoms with Crippen LogP contribution >= 0.6 is 34.4 Å². The molecule has 92 valence electrons. The zero-order chi connectivity index (χ0) is 12.5. The number of hydrogen-bond acceptors (Lipinski definition) is 3. The molecule has 2 aromatic rings. The monoisotopic (exact) mass is 370 g/mol. The van der Waals surface area contributed by atoms with Gasteiger partial charge >= 0.3 is 0 Å². The molecule has 1 aromatic carbocycles. The summed E-state index contributed by atoms with van der Waals surface area (Å²) in [5.74, 6) is 1.45. The van der Waals surface area contributed by atoms with Crippen molar-refractivity contribution >= 4 is 34.4 Å². The first-order chi connectivity index (χ1) is 8.75. The molecule has 2 heterocycles. The third-order valence-electron chi connectivity index (χ3n) is 3.08. The summed E-state index contributed by atoms with van der Waals surface area (Å²) in [4.78, 5) is 17.4. The fourth-order valence-corrected chi connectivity index (χ4v) is 3.88. The molecule has 0 fully saturated rings. The number of halogens is 1. The van der Waals surface area contributed by atoms with Gasteiger partial charge in [0.2, 0.25) is 0 Å². The van der Waals surface area contributed by atoms with Crippen molar-refractivity contribution in [3.05, 3.63) is 56.3 Å². The zero-order valence-corrected chi connectivity index (χ0v) is 12.5. The first kappa shape index (κ1) is 12.2. The van der Waals surface area contributed by atoms with E-state index in [1.807, 2.05) is 34.4 Å². The predicted octanol–water partition coefficient (Wildman–Crippen LogP) is 2.74. The summed E-state index contributed by atoms with van der Waals surface area (Å²) in [5, 5.41) is 0. The number of benzene rings is 1. The zero-order valence-electron chi connectivity index (χ0n) is 9.54. The minimum absolute atomic E-state index is 0.0555. The SMILES string of the molecule is O=c1c(I)cncn1CC1CSc2ccccc21. The maximum absolute atomic E-state index is 12.0. The van der Waals surface area contributed by atoms with E-state index in [4.69, 9.17) is 0 Å². The Morgan fingerprint density at radius 3 is 3.17 bits per heavy atom. The molecule has 18 heavy (non-hydrogen) atoms. The number of rotatable bonds is 2. The van der Waals surface area contributed by atoms with E-state index in [2.05, 4.69) is 29.2 Å². The molecular formula is C13H11IN2OS. The topological polar surface area (TPSA) is 34.9 Å². The van der Waals surface area contributed by atoms with Gasteiger partial charge in [-0.3, -0.25) is 9.36 Å². The van der Waals surface area contributed by atoms with Gasteiger partial charge < -0.3 is 0 Å². The van der Waals surface area contributed by atoms with Crippen LogP contribution in [-0.4, -0.2) is 15.3 Å². The molecule has 0 spiro atoms. The van der Waals surface area contributed by atoms with E-state index < -0.39 is 0 Å². The minimum Gasteiger partial charge on any atom is -0.298 e. The van der Waals surface area contributed by atoms with Gasteiger partial charge in [-0.05, 0) is 34.2 Å². The van der Waals surface area contributed by atoms with Gasteiger partial charge in [0.05, 0.1) is 9.90 Å². The molecule has 0 amide bonds. The Bertz CT molecular complexity index is 641. The van der Waals surface area contributed by atoms with Gasteiger partial charge in [-0.2, -0.15) is 0 Å². The second-order valence-corrected chi connectivity index (χ2v) is 6.47. The molecule has 5 heteroatoms. The van der Waals surface area contributed by atoms with Gasteiger partial charge in [0.25, 0.3) is 5.56 Å². The van der Waals surface area contributed by atoms with Crippen molar-refractivity contribution in [3.8, 4) is 0 Å². The predicted molar refractivity (Wildman–Crippen MR) is 81.1 cm³/mol. The molecule has 0 bridgehead atoms. The first-order valence-electron chi connectivity index (χ1n) is 5.67. The Hall–Kier alpha value is -0.820. The Morgan fingerprint density at radius 2 is 2.28 bits per heavy atom. The number of aromatic nitrogens is 2. The smallest absolute Gasteiger partial charge is 0.266 e. The van der Waals surface area contributed by atoms with E-state index in [-0.39, 0.29) is 5.56 Å². The summed E-state index contributed by atoms with van der Waals surface area (Å²) < 4.78 is 2.39. The van der Waals surface area contributed by atoms with Crippen molar-refractivity contribution in [1.82, 2.24) is 9.55 Å². The highest BCUT2D eigenvalue weighted by molar-refractivity contribution is 14.1. The van der Waals surface area contributed by atoms with Crippen molar-refractivity contribution < 1.29 is 0 Å². The number of nitrogens with zero attached hydrogens (tertiary/aromatic N) is 2. The average molecular weight is 370 g/mol. The van der Waals surface area contributed by atoms with E-state index in [0.29, 0.717) is 16.0 Å². The number of hydrogen-bond donors (Lipinski definition) is 0. The average Bonchev–Trinajstić information content (AvgIpc) is 2.79. The van der Waals surface area contributed by atoms with Crippen LogP contribution in [0.1, 0.15) is 11.5 Å². The van der Waals surface area contributed by atoms with Crippen molar-refractivity contribution in [2.45, 2.75) is 17.4 Å². The van der Waals surface area contributed by atoms with Crippen molar-refractivity contribution in [1.29, 1.82) is 0 Å². The highest BCUT2D eigenvalue weighted by atomic mass is 127. The van der Waals surface area contributed by atoms with Crippen LogP contribution < -0.4 is 5.56 Å². The van der Waals surface area contributed by atoms with Crippen LogP contribution in [0.4, 0.5) is 0 Å². The third-order valence-corrected chi connectivity index (χ3v) is 5.07. The lowest BCUT2D eigenvalue weighted by atomic mass is 10.0. The van der Waals surface area contributed by atoms with E-state index in [1.54, 1.807) is 17.1 Å². The largest absolute Gasteiger partial charge is 0.298 e. The molecule has 1 unspecified atom stereocenters. The van der Waals surface area contributed by atoms with Crippen LogP contribution in [-0.2, 0) is 6.54 Å². The van der Waals surface area contributed by atoms with Gasteiger partial charge in [-0.25, -0.2) is 4.98 Å². The summed E-state index contributed by atoms with van der Waals surface area (Å²) in [7, 11) is 0. The van der Waals surface area contributed by atoms with Gasteiger partial charge in [0.15, 0.2) is 0 Å². The summed E-state index contributed by atoms with van der Waals surface area (Å²) in [5.41, 5.74) is 1.41. The normalized spacial score (nSPS) is 17.7. The van der Waals surface area contributed by atoms with Crippen LogP contribution in [0.15, 0.2) is 46.5 Å². The van der Waals surface area contributed by atoms with Crippen LogP contribution in [0.3, 0.4) is 0 Å². The van der Waals surface area contributed by atoms with Crippen LogP contribution in [0.25, 0.3) is 0 Å². The van der Waals surface area contributed by atoms with Crippen molar-refractivity contribution in [2.24, 2.45) is 0 Å². The minimum atomic E-state index is 0.0555. The molecule has 0 saturated heterocycles. The first-order valence-corrected chi connectivity index (χ1v) is 7.74. The lowest BCUT2D eigenvalue weighted by Gasteiger charge is -2.12. The fourth-order valence-electron chi connectivity index (χ4n) is 2.17. The van der Waals surface area contributed by atoms with Gasteiger partial charge in [-0.1, -0.05) is 18.2 Å². The summed E-state index contributed by atoms with van der Waals surface area (Å²) in [6.07, 6.45) is 3.24. The molecule has 0 aliphatic carbocycles. The number of fused-ring (bicyclic) bond motifs is 1.